The van der Waals surface area contributed by atoms with Gasteiger partial charge in [0.25, 0.3) is 0 Å². The average Bonchev–Trinajstić information content (AvgIpc) is 2.55. The normalized spacial score (nSPS) is 24.4. The second-order valence-electron chi connectivity index (χ2n) is 8.11. The third kappa shape index (κ3) is 2.71. The Morgan fingerprint density at radius 3 is 2.76 bits per heavy atom. The molecule has 1 aromatic carbocycles. The Morgan fingerprint density at radius 2 is 2.00 bits per heavy atom. The molecule has 0 bridgehead atoms. The van der Waals surface area contributed by atoms with Crippen LogP contribution in [0.5, 0.6) is 0 Å². The Kier molecular flexibility index (Phi) is 3.80. The van der Waals surface area contributed by atoms with Gasteiger partial charge in [-0.05, 0) is 60.9 Å². The Balaban J connectivity index is 1.98. The van der Waals surface area contributed by atoms with Crippen molar-refractivity contribution in [3.05, 3.63) is 69.2 Å². The van der Waals surface area contributed by atoms with Crippen molar-refractivity contribution in [1.82, 2.24) is 4.98 Å². The van der Waals surface area contributed by atoms with Gasteiger partial charge in [-0.2, -0.15) is 0 Å². The molecule has 2 aromatic rings. The van der Waals surface area contributed by atoms with E-state index in [-0.39, 0.29) is 16.6 Å². The quantitative estimate of drug-likeness (QED) is 0.617. The highest BCUT2D eigenvalue weighted by Gasteiger charge is 2.44. The predicted molar refractivity (Wildman–Crippen MR) is 103 cm³/mol. The summed E-state index contributed by atoms with van der Waals surface area (Å²) in [7, 11) is 0. The Bertz CT molecular complexity index is 887. The minimum Gasteiger partial charge on any atom is -0.344 e. The molecule has 130 valence electrons. The summed E-state index contributed by atoms with van der Waals surface area (Å²) in [5.74, 6) is 0.488. The lowest BCUT2D eigenvalue weighted by molar-refractivity contribution is 0.302. The minimum atomic E-state index is -0.370. The topological polar surface area (TPSA) is 24.9 Å². The fourth-order valence-corrected chi connectivity index (χ4v) is 4.71. The van der Waals surface area contributed by atoms with E-state index >= 15 is 0 Å². The van der Waals surface area contributed by atoms with Gasteiger partial charge in [0.15, 0.2) is 0 Å². The zero-order valence-corrected chi connectivity index (χ0v) is 16.4. The molecule has 2 aliphatic rings. The number of nitrogens with zero attached hydrogens (tertiary/aromatic N) is 1. The zero-order valence-electron chi connectivity index (χ0n) is 14.8. The number of benzene rings is 1. The van der Waals surface area contributed by atoms with Crippen LogP contribution in [-0.4, -0.2) is 4.98 Å². The van der Waals surface area contributed by atoms with Crippen molar-refractivity contribution in [3.63, 3.8) is 0 Å². The van der Waals surface area contributed by atoms with Gasteiger partial charge in [0.1, 0.15) is 11.6 Å². The number of nitrogens with one attached hydrogen (secondary N) is 1. The molecule has 0 radical (unpaired) electrons. The SMILES string of the molecule is CC1(C)CCC2=C(C1)Nc1ncc(F)cc1[C@]2(C)c1cccc(Br)c1. The summed E-state index contributed by atoms with van der Waals surface area (Å²) < 4.78 is 15.1. The van der Waals surface area contributed by atoms with Crippen LogP contribution >= 0.6 is 15.9 Å². The number of rotatable bonds is 1. The molecule has 1 aromatic heterocycles. The van der Waals surface area contributed by atoms with Crippen LogP contribution in [-0.2, 0) is 5.41 Å². The molecule has 4 rings (SSSR count). The third-order valence-corrected chi connectivity index (χ3v) is 6.23. The number of fused-ring (bicyclic) bond motifs is 1. The zero-order chi connectivity index (χ0) is 17.8. The Hall–Kier alpha value is -1.68. The molecule has 0 fully saturated rings. The standard InChI is InChI=1S/C21H22BrFN2/c1-20(2)8-7-16-18(11-20)25-19-17(10-15(23)12-24-19)21(16,3)13-5-4-6-14(22)9-13/h4-6,9-10,12H,7-8,11H2,1-3H3,(H,24,25)/t21-/m1/s1. The monoisotopic (exact) mass is 400 g/mol. The maximum absolute atomic E-state index is 14.1. The number of hydrogen-bond acceptors (Lipinski definition) is 2. The summed E-state index contributed by atoms with van der Waals surface area (Å²) in [6.07, 6.45) is 4.43. The summed E-state index contributed by atoms with van der Waals surface area (Å²) in [6.45, 7) is 6.83. The van der Waals surface area contributed by atoms with Crippen LogP contribution < -0.4 is 5.32 Å². The van der Waals surface area contributed by atoms with Gasteiger partial charge in [-0.3, -0.25) is 0 Å². The number of aromatic nitrogens is 1. The number of hydrogen-bond donors (Lipinski definition) is 1. The largest absolute Gasteiger partial charge is 0.344 e. The third-order valence-electron chi connectivity index (χ3n) is 5.74. The molecule has 0 saturated carbocycles. The molecular formula is C21H22BrFN2. The summed E-state index contributed by atoms with van der Waals surface area (Å²) >= 11 is 3.59. The van der Waals surface area contributed by atoms with Gasteiger partial charge in [0, 0.05) is 21.1 Å². The van der Waals surface area contributed by atoms with Crippen molar-refractivity contribution in [2.75, 3.05) is 5.32 Å². The summed E-state index contributed by atoms with van der Waals surface area (Å²) in [6, 6.07) is 9.99. The minimum absolute atomic E-state index is 0.265. The summed E-state index contributed by atoms with van der Waals surface area (Å²) in [4.78, 5) is 4.37. The molecule has 1 atom stereocenters. The van der Waals surface area contributed by atoms with E-state index in [0.717, 1.165) is 35.1 Å². The lowest BCUT2D eigenvalue weighted by Gasteiger charge is -2.45. The molecule has 25 heavy (non-hydrogen) atoms. The van der Waals surface area contributed by atoms with Gasteiger partial charge in [0.2, 0.25) is 0 Å². The first-order chi connectivity index (χ1) is 11.8. The predicted octanol–water partition coefficient (Wildman–Crippen LogP) is 6.18. The van der Waals surface area contributed by atoms with Gasteiger partial charge >= 0.3 is 0 Å². The molecule has 1 aliphatic heterocycles. The van der Waals surface area contributed by atoms with Crippen LogP contribution in [0.15, 0.2) is 52.3 Å². The number of pyridine rings is 1. The van der Waals surface area contributed by atoms with E-state index in [1.165, 1.54) is 23.0 Å². The Morgan fingerprint density at radius 1 is 1.20 bits per heavy atom. The highest BCUT2D eigenvalue weighted by Crippen LogP contribution is 2.53. The molecule has 0 amide bonds. The van der Waals surface area contributed by atoms with Gasteiger partial charge in [-0.1, -0.05) is 41.9 Å². The Labute approximate surface area is 156 Å². The lowest BCUT2D eigenvalue weighted by Crippen LogP contribution is -2.38. The smallest absolute Gasteiger partial charge is 0.141 e. The van der Waals surface area contributed by atoms with Crippen LogP contribution in [0.1, 0.15) is 51.2 Å². The van der Waals surface area contributed by atoms with Crippen LogP contribution in [0.4, 0.5) is 10.2 Å². The summed E-state index contributed by atoms with van der Waals surface area (Å²) in [5, 5.41) is 3.51. The van der Waals surface area contributed by atoms with Gasteiger partial charge in [0.05, 0.1) is 6.20 Å². The highest BCUT2D eigenvalue weighted by atomic mass is 79.9. The highest BCUT2D eigenvalue weighted by molar-refractivity contribution is 9.10. The second-order valence-corrected chi connectivity index (χ2v) is 9.02. The van der Waals surface area contributed by atoms with Crippen LogP contribution in [0, 0.1) is 11.2 Å². The van der Waals surface area contributed by atoms with Crippen molar-refractivity contribution in [1.29, 1.82) is 0 Å². The molecule has 2 nitrogen and oxygen atoms in total. The molecule has 2 heterocycles. The maximum Gasteiger partial charge on any atom is 0.141 e. The molecular weight excluding hydrogens is 379 g/mol. The van der Waals surface area contributed by atoms with E-state index in [0.29, 0.717) is 0 Å². The van der Waals surface area contributed by atoms with E-state index in [9.17, 15) is 4.39 Å². The first kappa shape index (κ1) is 16.8. The van der Waals surface area contributed by atoms with Crippen LogP contribution in [0.2, 0.25) is 0 Å². The number of allylic oxidation sites excluding steroid dienone is 2. The maximum atomic E-state index is 14.1. The fourth-order valence-electron chi connectivity index (χ4n) is 4.31. The van der Waals surface area contributed by atoms with Gasteiger partial charge < -0.3 is 5.32 Å². The van der Waals surface area contributed by atoms with E-state index in [2.05, 4.69) is 59.1 Å². The van der Waals surface area contributed by atoms with Crippen molar-refractivity contribution < 1.29 is 4.39 Å². The number of anilines is 1. The molecule has 0 saturated heterocycles. The lowest BCUT2D eigenvalue weighted by atomic mass is 9.62. The molecule has 0 unspecified atom stereocenters. The van der Waals surface area contributed by atoms with Crippen molar-refractivity contribution in [2.24, 2.45) is 5.41 Å². The van der Waals surface area contributed by atoms with E-state index in [4.69, 9.17) is 0 Å². The van der Waals surface area contributed by atoms with Crippen LogP contribution in [0.3, 0.4) is 0 Å². The van der Waals surface area contributed by atoms with Crippen molar-refractivity contribution in [3.8, 4) is 0 Å². The van der Waals surface area contributed by atoms with E-state index in [1.54, 1.807) is 6.07 Å². The molecule has 0 spiro atoms. The molecule has 1 aliphatic carbocycles. The van der Waals surface area contributed by atoms with E-state index < -0.39 is 0 Å². The summed E-state index contributed by atoms with van der Waals surface area (Å²) in [5.41, 5.74) is 4.61. The van der Waals surface area contributed by atoms with Crippen LogP contribution in [0.25, 0.3) is 0 Å². The van der Waals surface area contributed by atoms with E-state index in [1.807, 2.05) is 12.1 Å². The van der Waals surface area contributed by atoms with Crippen molar-refractivity contribution in [2.45, 2.75) is 45.4 Å². The first-order valence-corrected chi connectivity index (χ1v) is 9.50. The molecule has 1 N–H and O–H groups in total. The average molecular weight is 401 g/mol. The van der Waals surface area contributed by atoms with Crippen molar-refractivity contribution >= 4 is 21.7 Å². The van der Waals surface area contributed by atoms with Gasteiger partial charge in [-0.25, -0.2) is 9.37 Å². The second kappa shape index (κ2) is 5.66. The number of halogens is 2. The molecule has 4 heteroatoms. The first-order valence-electron chi connectivity index (χ1n) is 8.71. The fraction of sp³-hybridized carbons (Fsp3) is 0.381. The van der Waals surface area contributed by atoms with Gasteiger partial charge in [-0.15, -0.1) is 0 Å².